The van der Waals surface area contributed by atoms with Gasteiger partial charge < -0.3 is 15.5 Å². The largest absolute Gasteiger partial charge is 0.505 e. The van der Waals surface area contributed by atoms with Gasteiger partial charge in [-0.25, -0.2) is 4.79 Å². The van der Waals surface area contributed by atoms with Crippen molar-refractivity contribution in [1.82, 2.24) is 0 Å². The molecule has 0 amide bonds. The zero-order valence-corrected chi connectivity index (χ0v) is 32.2. The third kappa shape index (κ3) is 9.05. The Morgan fingerprint density at radius 1 is 0.579 bits per heavy atom. The van der Waals surface area contributed by atoms with Crippen LogP contribution < -0.4 is 5.32 Å². The van der Waals surface area contributed by atoms with Gasteiger partial charge in [0.2, 0.25) is 0 Å². The maximum atomic E-state index is 12.5. The van der Waals surface area contributed by atoms with E-state index in [-0.39, 0.29) is 5.69 Å². The van der Waals surface area contributed by atoms with Gasteiger partial charge in [-0.15, -0.1) is 15.3 Å². The fourth-order valence-corrected chi connectivity index (χ4v) is 6.98. The summed E-state index contributed by atoms with van der Waals surface area (Å²) in [6, 6.07) is 25.1. The predicted molar refractivity (Wildman–Crippen MR) is 213 cm³/mol. The van der Waals surface area contributed by atoms with Crippen molar-refractivity contribution in [2.75, 3.05) is 5.32 Å². The van der Waals surface area contributed by atoms with Crippen molar-refractivity contribution < 1.29 is 40.9 Å². The molecular formula is C39H33N7O9S2. The minimum Gasteiger partial charge on any atom is -0.505 e. The molecule has 6 aromatic rings. The molecule has 6 aromatic carbocycles. The number of hydrogen-bond donors (Lipinski definition) is 5. The smallest absolute Gasteiger partial charge is 0.338 e. The zero-order chi connectivity index (χ0) is 41.2. The van der Waals surface area contributed by atoms with E-state index in [1.54, 1.807) is 70.2 Å². The number of carboxylic acid groups (broad SMARTS) is 1. The number of fused-ring (bicyclic) bond motifs is 1. The highest BCUT2D eigenvalue weighted by Crippen LogP contribution is 2.43. The fourth-order valence-electron chi connectivity index (χ4n) is 5.81. The number of nitrogens with one attached hydrogen (secondary N) is 1. The first-order valence-electron chi connectivity index (χ1n) is 16.8. The number of phenolic OH excluding ortho intramolecular Hbond substituents is 1. The molecule has 0 atom stereocenters. The number of aromatic carboxylic acids is 1. The van der Waals surface area contributed by atoms with E-state index < -0.39 is 53.0 Å². The summed E-state index contributed by atoms with van der Waals surface area (Å²) in [5.41, 5.74) is 4.73. The second kappa shape index (κ2) is 15.8. The normalized spacial score (nSPS) is 12.3. The molecule has 18 heteroatoms. The first-order chi connectivity index (χ1) is 26.9. The monoisotopic (exact) mass is 807 g/mol. The van der Waals surface area contributed by atoms with Gasteiger partial charge in [-0.2, -0.15) is 32.2 Å². The molecule has 0 spiro atoms. The maximum absolute atomic E-state index is 12.5. The molecule has 0 saturated heterocycles. The molecule has 0 heterocycles. The lowest BCUT2D eigenvalue weighted by molar-refractivity contribution is 0.0697. The Bertz CT molecular complexity index is 2890. The minimum absolute atomic E-state index is 0.122. The van der Waals surface area contributed by atoms with Gasteiger partial charge in [0.1, 0.15) is 16.3 Å². The SMILES string of the molecule is Cc1cc(N=Nc2c(C)cc(N=Nc3c(S(=O)(=O)O)cc4cc(Nc5ccccc5)ccc4c3O)cc2C)c(C)cc1N=Nc1ccc(S(=O)(=O)O)cc1C(=O)O. The number of nitrogens with zero attached hydrogens (tertiary/aromatic N) is 6. The van der Waals surface area contributed by atoms with Gasteiger partial charge in [-0.05, 0) is 134 Å². The lowest BCUT2D eigenvalue weighted by Gasteiger charge is -2.12. The van der Waals surface area contributed by atoms with Crippen LogP contribution >= 0.6 is 0 Å². The van der Waals surface area contributed by atoms with E-state index in [1.807, 2.05) is 30.3 Å². The number of carbonyl (C=O) groups is 1. The lowest BCUT2D eigenvalue weighted by Crippen LogP contribution is -2.02. The number of aryl methyl sites for hydroxylation is 4. The molecule has 0 unspecified atom stereocenters. The van der Waals surface area contributed by atoms with Crippen molar-refractivity contribution in [1.29, 1.82) is 0 Å². The van der Waals surface area contributed by atoms with Gasteiger partial charge >= 0.3 is 5.97 Å². The summed E-state index contributed by atoms with van der Waals surface area (Å²) in [7, 11) is -9.46. The van der Waals surface area contributed by atoms with E-state index in [1.165, 1.54) is 6.07 Å². The predicted octanol–water partition coefficient (Wildman–Crippen LogP) is 11.0. The number of anilines is 2. The summed E-state index contributed by atoms with van der Waals surface area (Å²) in [6.07, 6.45) is 0. The molecule has 0 aliphatic heterocycles. The van der Waals surface area contributed by atoms with Gasteiger partial charge in [-0.3, -0.25) is 9.11 Å². The molecule has 0 bridgehead atoms. The second-order valence-electron chi connectivity index (χ2n) is 12.9. The summed E-state index contributed by atoms with van der Waals surface area (Å²) in [5.74, 6) is -1.94. The van der Waals surface area contributed by atoms with Crippen LogP contribution in [0.5, 0.6) is 5.75 Å². The first kappa shape index (κ1) is 39.9. The van der Waals surface area contributed by atoms with Gasteiger partial charge in [0.15, 0.2) is 5.75 Å². The van der Waals surface area contributed by atoms with E-state index in [2.05, 4.69) is 36.0 Å². The van der Waals surface area contributed by atoms with Crippen molar-refractivity contribution in [2.24, 2.45) is 30.7 Å². The highest BCUT2D eigenvalue weighted by atomic mass is 32.2. The fraction of sp³-hybridized carbons (Fsp3) is 0.103. The Morgan fingerprint density at radius 3 is 1.77 bits per heavy atom. The van der Waals surface area contributed by atoms with E-state index >= 15 is 0 Å². The van der Waals surface area contributed by atoms with Crippen LogP contribution in [0.4, 0.5) is 45.5 Å². The number of azo groups is 3. The molecular weight excluding hydrogens is 775 g/mol. The molecule has 5 N–H and O–H groups in total. The Morgan fingerprint density at radius 2 is 1.18 bits per heavy atom. The van der Waals surface area contributed by atoms with Crippen LogP contribution in [-0.2, 0) is 20.2 Å². The van der Waals surface area contributed by atoms with Crippen molar-refractivity contribution in [2.45, 2.75) is 37.5 Å². The van der Waals surface area contributed by atoms with Gasteiger partial charge in [0.25, 0.3) is 20.2 Å². The number of rotatable bonds is 11. The zero-order valence-electron chi connectivity index (χ0n) is 30.6. The van der Waals surface area contributed by atoms with Crippen LogP contribution in [0.25, 0.3) is 10.8 Å². The van der Waals surface area contributed by atoms with E-state index in [0.29, 0.717) is 61.5 Å². The summed E-state index contributed by atoms with van der Waals surface area (Å²) in [5, 5.41) is 49.8. The Labute approximate surface area is 326 Å². The van der Waals surface area contributed by atoms with Crippen LogP contribution in [0, 0.1) is 27.7 Å². The summed E-state index contributed by atoms with van der Waals surface area (Å²) in [6.45, 7) is 7.05. The molecule has 0 fully saturated rings. The van der Waals surface area contributed by atoms with Gasteiger partial charge in [-0.1, -0.05) is 18.2 Å². The summed E-state index contributed by atoms with van der Waals surface area (Å²) in [4.78, 5) is 10.5. The molecule has 6 rings (SSSR count). The molecule has 0 radical (unpaired) electrons. The van der Waals surface area contributed by atoms with Crippen molar-refractivity contribution in [3.8, 4) is 5.75 Å². The third-order valence-electron chi connectivity index (χ3n) is 8.67. The van der Waals surface area contributed by atoms with Crippen LogP contribution in [0.15, 0.2) is 138 Å². The molecule has 0 aliphatic rings. The van der Waals surface area contributed by atoms with E-state index in [0.717, 1.165) is 23.9 Å². The second-order valence-corrected chi connectivity index (χ2v) is 15.7. The number of para-hydroxylation sites is 1. The Kier molecular flexibility index (Phi) is 11.1. The van der Waals surface area contributed by atoms with Crippen molar-refractivity contribution in [3.63, 3.8) is 0 Å². The van der Waals surface area contributed by atoms with Crippen LogP contribution in [0.1, 0.15) is 32.6 Å². The Hall–Kier alpha value is -6.73. The third-order valence-corrected chi connectivity index (χ3v) is 10.4. The Balaban J connectivity index is 1.25. The lowest BCUT2D eigenvalue weighted by atomic mass is 10.1. The highest BCUT2D eigenvalue weighted by molar-refractivity contribution is 7.86. The van der Waals surface area contributed by atoms with Crippen LogP contribution in [-0.4, -0.2) is 42.1 Å². The number of benzene rings is 6. The molecule has 290 valence electrons. The van der Waals surface area contributed by atoms with Crippen molar-refractivity contribution >= 4 is 82.5 Å². The molecule has 0 saturated carbocycles. The van der Waals surface area contributed by atoms with Gasteiger partial charge in [0, 0.05) is 16.8 Å². The highest BCUT2D eigenvalue weighted by Gasteiger charge is 2.23. The standard InChI is InChI=1S/C39H33N7O9S2/c1-21-17-34(22(2)16-33(21)43-42-32-13-11-29(56(50,51)52)20-31(32)39(48)49)44-45-36-23(3)14-28(15-24(36)4)41-46-37-35(57(53,54)55)19-25-18-27(10-12-30(25)38(37)47)40-26-8-6-5-7-9-26/h5-20,40,47H,1-4H3,(H,48,49)(H,50,51,52)(H,53,54,55). The maximum Gasteiger partial charge on any atom is 0.338 e. The van der Waals surface area contributed by atoms with Crippen LogP contribution in [0.3, 0.4) is 0 Å². The average Bonchev–Trinajstić information content (AvgIpc) is 3.14. The van der Waals surface area contributed by atoms with Gasteiger partial charge in [0.05, 0.1) is 33.2 Å². The number of aromatic hydroxyl groups is 1. The number of carboxylic acids is 1. The number of phenols is 1. The van der Waals surface area contributed by atoms with E-state index in [9.17, 15) is 40.9 Å². The van der Waals surface area contributed by atoms with Crippen molar-refractivity contribution in [3.05, 3.63) is 125 Å². The van der Waals surface area contributed by atoms with Crippen LogP contribution in [0.2, 0.25) is 0 Å². The summed E-state index contributed by atoms with van der Waals surface area (Å²) >= 11 is 0. The molecule has 0 aromatic heterocycles. The topological polar surface area (TPSA) is 252 Å². The minimum atomic E-state index is -4.84. The molecule has 16 nitrogen and oxygen atoms in total. The first-order valence-corrected chi connectivity index (χ1v) is 19.7. The van der Waals surface area contributed by atoms with E-state index in [4.69, 9.17) is 0 Å². The average molecular weight is 808 g/mol. The quantitative estimate of drug-likeness (QED) is 0.0611. The molecule has 57 heavy (non-hydrogen) atoms. The summed E-state index contributed by atoms with van der Waals surface area (Å²) < 4.78 is 67.2. The molecule has 0 aliphatic carbocycles. The number of hydrogen-bond acceptors (Lipinski definition) is 13.